The van der Waals surface area contributed by atoms with Gasteiger partial charge in [0.25, 0.3) is 18.5 Å². The Bertz CT molecular complexity index is 1480. The minimum atomic E-state index is -3.92. The highest BCUT2D eigenvalue weighted by molar-refractivity contribution is 7.84. The molecule has 1 fully saturated rings. The van der Waals surface area contributed by atoms with Crippen LogP contribution >= 0.6 is 0 Å². The fraction of sp³-hybridized carbons (Fsp3) is 0.320. The molecule has 14 heteroatoms. The molecule has 0 spiro atoms. The molecule has 0 unspecified atom stereocenters. The Morgan fingerprint density at radius 2 is 2.00 bits per heavy atom. The monoisotopic (exact) mass is 556 g/mol. The smallest absolute Gasteiger partial charge is 0.426 e. The second-order valence-corrected chi connectivity index (χ2v) is 10.4. The number of pyridine rings is 2. The number of imide groups is 1. The largest absolute Gasteiger partial charge is 0.748 e. The lowest BCUT2D eigenvalue weighted by atomic mass is 10.1. The zero-order valence-corrected chi connectivity index (χ0v) is 22.4. The van der Waals surface area contributed by atoms with Crippen LogP contribution in [0.5, 0.6) is 0 Å². The van der Waals surface area contributed by atoms with Crippen LogP contribution in [-0.4, -0.2) is 66.7 Å². The summed E-state index contributed by atoms with van der Waals surface area (Å²) in [5.74, 6) is 0.466. The zero-order valence-electron chi connectivity index (χ0n) is 21.6. The van der Waals surface area contributed by atoms with Crippen LogP contribution in [0.1, 0.15) is 40.5 Å². The van der Waals surface area contributed by atoms with Crippen LogP contribution in [0.15, 0.2) is 66.0 Å². The topological polar surface area (TPSA) is 165 Å². The van der Waals surface area contributed by atoms with E-state index < -0.39 is 22.1 Å². The lowest BCUT2D eigenvalue weighted by Gasteiger charge is -2.32. The van der Waals surface area contributed by atoms with Gasteiger partial charge >= 0.3 is 6.09 Å². The van der Waals surface area contributed by atoms with Crippen LogP contribution in [-0.2, 0) is 21.6 Å². The SMILES string of the molecule is CNC(=O)c1ccc[n+](COC(=O)N2C(=O)c3cccnc3N(C3CC3)C3=C2C(C)=CCN3)c1.CS(=O)(=O)[O-]. The third-order valence-electron chi connectivity index (χ3n) is 5.97. The number of amides is 3. The summed E-state index contributed by atoms with van der Waals surface area (Å²) in [6, 6.07) is 6.92. The minimum Gasteiger partial charge on any atom is -0.748 e. The maximum atomic E-state index is 13.7. The van der Waals surface area contributed by atoms with Gasteiger partial charge in [-0.2, -0.15) is 4.57 Å². The van der Waals surface area contributed by atoms with Gasteiger partial charge in [-0.15, -0.1) is 0 Å². The molecule has 2 N–H and O–H groups in total. The van der Waals surface area contributed by atoms with Gasteiger partial charge in [0.15, 0.2) is 12.4 Å². The van der Waals surface area contributed by atoms with Crippen molar-refractivity contribution in [1.29, 1.82) is 0 Å². The van der Waals surface area contributed by atoms with E-state index in [1.165, 1.54) is 0 Å². The number of rotatable bonds is 4. The van der Waals surface area contributed by atoms with E-state index >= 15 is 0 Å². The maximum Gasteiger partial charge on any atom is 0.426 e. The maximum absolute atomic E-state index is 13.7. The summed E-state index contributed by atoms with van der Waals surface area (Å²) in [5.41, 5.74) is 2.03. The van der Waals surface area contributed by atoms with Gasteiger partial charge in [0, 0.05) is 38.2 Å². The lowest BCUT2D eigenvalue weighted by Crippen LogP contribution is -2.44. The van der Waals surface area contributed by atoms with Gasteiger partial charge < -0.3 is 24.8 Å². The number of anilines is 1. The van der Waals surface area contributed by atoms with Crippen molar-refractivity contribution in [3.05, 3.63) is 77.2 Å². The highest BCUT2D eigenvalue weighted by atomic mass is 32.2. The molecule has 206 valence electrons. The third-order valence-corrected chi connectivity index (χ3v) is 5.97. The molecule has 0 atom stereocenters. The van der Waals surface area contributed by atoms with Gasteiger partial charge in [-0.25, -0.2) is 23.1 Å². The molecule has 0 bridgehead atoms. The van der Waals surface area contributed by atoms with Crippen LogP contribution < -0.4 is 20.1 Å². The fourth-order valence-electron chi connectivity index (χ4n) is 4.17. The van der Waals surface area contributed by atoms with Crippen LogP contribution in [0.25, 0.3) is 0 Å². The molecule has 2 aliphatic heterocycles. The van der Waals surface area contributed by atoms with Crippen molar-refractivity contribution in [2.75, 3.05) is 24.7 Å². The van der Waals surface area contributed by atoms with E-state index in [1.807, 2.05) is 17.9 Å². The second-order valence-electron chi connectivity index (χ2n) is 9.01. The summed E-state index contributed by atoms with van der Waals surface area (Å²) >= 11 is 0. The quantitative estimate of drug-likeness (QED) is 0.407. The molecule has 0 saturated heterocycles. The van der Waals surface area contributed by atoms with Crippen molar-refractivity contribution in [2.45, 2.75) is 32.5 Å². The number of ether oxygens (including phenoxy) is 1. The first-order valence-corrected chi connectivity index (χ1v) is 13.8. The number of nitrogens with zero attached hydrogens (tertiary/aromatic N) is 4. The zero-order chi connectivity index (χ0) is 28.3. The normalized spacial score (nSPS) is 16.5. The summed E-state index contributed by atoms with van der Waals surface area (Å²) in [7, 11) is -2.37. The molecule has 13 nitrogen and oxygen atoms in total. The predicted molar refractivity (Wildman–Crippen MR) is 137 cm³/mol. The molecular weight excluding hydrogens is 528 g/mol. The van der Waals surface area contributed by atoms with E-state index in [0.29, 0.717) is 41.3 Å². The number of hydrogen-bond donors (Lipinski definition) is 2. The summed E-state index contributed by atoms with van der Waals surface area (Å²) in [5, 5.41) is 5.91. The van der Waals surface area contributed by atoms with E-state index in [9.17, 15) is 14.4 Å². The Morgan fingerprint density at radius 1 is 1.28 bits per heavy atom. The van der Waals surface area contributed by atoms with E-state index in [2.05, 4.69) is 15.6 Å². The first-order valence-electron chi connectivity index (χ1n) is 12.0. The number of allylic oxidation sites excluding steroid dienone is 1. The average molecular weight is 557 g/mol. The highest BCUT2D eigenvalue weighted by Gasteiger charge is 2.44. The number of aromatic nitrogens is 2. The van der Waals surface area contributed by atoms with Crippen molar-refractivity contribution in [3.63, 3.8) is 0 Å². The van der Waals surface area contributed by atoms with Gasteiger partial charge in [0.2, 0.25) is 0 Å². The standard InChI is InChI=1S/C24H24N6O4.CH4O3S/c1-15-9-11-27-21-19(15)30(23(32)18-6-3-10-26-20(18)29(21)17-7-8-17)24(33)34-14-28-12-4-5-16(13-28)22(31)25-2;1-5(2,3)4/h3-6,9-10,12-13,17,27H,7-8,11,14H2,1-2H3;1H3,(H,2,3,4). The number of fused-ring (bicyclic) bond motifs is 1. The molecule has 4 heterocycles. The van der Waals surface area contributed by atoms with Crippen LogP contribution in [0, 0.1) is 0 Å². The van der Waals surface area contributed by atoms with Gasteiger partial charge in [-0.05, 0) is 43.5 Å². The molecule has 39 heavy (non-hydrogen) atoms. The van der Waals surface area contributed by atoms with E-state index in [0.717, 1.165) is 23.3 Å². The second kappa shape index (κ2) is 11.2. The number of hydrogen-bond acceptors (Lipinski definition) is 10. The van der Waals surface area contributed by atoms with Crippen LogP contribution in [0.2, 0.25) is 0 Å². The molecule has 2 aromatic heterocycles. The summed E-state index contributed by atoms with van der Waals surface area (Å²) in [4.78, 5) is 46.6. The Balaban J connectivity index is 0.000000648. The van der Waals surface area contributed by atoms with Crippen molar-refractivity contribution in [2.24, 2.45) is 0 Å². The van der Waals surface area contributed by atoms with Crippen LogP contribution in [0.3, 0.4) is 0 Å². The van der Waals surface area contributed by atoms with E-state index in [1.54, 1.807) is 54.5 Å². The summed E-state index contributed by atoms with van der Waals surface area (Å²) in [6.45, 7) is 2.29. The lowest BCUT2D eigenvalue weighted by molar-refractivity contribution is -0.727. The molecule has 0 radical (unpaired) electrons. The molecule has 3 amide bonds. The van der Waals surface area contributed by atoms with Gasteiger partial charge in [-0.1, -0.05) is 6.08 Å². The number of dihydropyridines is 1. The molecule has 1 aliphatic carbocycles. The molecular formula is C25H28N6O7S. The summed E-state index contributed by atoms with van der Waals surface area (Å²) < 4.78 is 34.3. The van der Waals surface area contributed by atoms with E-state index in [4.69, 9.17) is 17.7 Å². The van der Waals surface area contributed by atoms with Crippen molar-refractivity contribution >= 4 is 33.8 Å². The molecule has 5 rings (SSSR count). The van der Waals surface area contributed by atoms with Crippen molar-refractivity contribution in [3.8, 4) is 0 Å². The van der Waals surface area contributed by atoms with E-state index in [-0.39, 0.29) is 18.7 Å². The third kappa shape index (κ3) is 6.41. The van der Waals surface area contributed by atoms with Gasteiger partial charge in [0.05, 0.1) is 21.4 Å². The van der Waals surface area contributed by atoms with Gasteiger partial charge in [-0.3, -0.25) is 9.59 Å². The highest BCUT2D eigenvalue weighted by Crippen LogP contribution is 2.40. The predicted octanol–water partition coefficient (Wildman–Crippen LogP) is 0.828. The van der Waals surface area contributed by atoms with Gasteiger partial charge in [0.1, 0.15) is 17.2 Å². The number of carbonyl (C=O) groups is 3. The number of nitrogens with one attached hydrogen (secondary N) is 2. The molecule has 3 aliphatic rings. The average Bonchev–Trinajstić information content (AvgIpc) is 3.73. The molecule has 2 aromatic rings. The molecule has 0 aromatic carbocycles. The fourth-order valence-corrected chi connectivity index (χ4v) is 4.17. The Hall–Kier alpha value is -4.30. The summed E-state index contributed by atoms with van der Waals surface area (Å²) in [6.07, 6.45) is 8.59. The number of carbonyl (C=O) groups excluding carboxylic acids is 3. The Kier molecular flexibility index (Phi) is 7.97. The Labute approximate surface area is 225 Å². The first kappa shape index (κ1) is 27.7. The molecule has 1 saturated carbocycles. The first-order chi connectivity index (χ1) is 18.5. The van der Waals surface area contributed by atoms with Crippen LogP contribution in [0.4, 0.5) is 10.6 Å². The van der Waals surface area contributed by atoms with Crippen molar-refractivity contribution < 1.29 is 36.7 Å². The minimum absolute atomic E-state index is 0.168. The Morgan fingerprint density at radius 3 is 2.67 bits per heavy atom. The van der Waals surface area contributed by atoms with Crippen molar-refractivity contribution in [1.82, 2.24) is 20.5 Å².